The van der Waals surface area contributed by atoms with Crippen LogP contribution in [-0.2, 0) is 0 Å². The number of rotatable bonds is 6. The van der Waals surface area contributed by atoms with Crippen molar-refractivity contribution in [2.75, 3.05) is 0 Å². The Kier molecular flexibility index (Phi) is 8.91. The molecule has 2 aliphatic carbocycles. The third-order valence-corrected chi connectivity index (χ3v) is 8.87. The summed E-state index contributed by atoms with van der Waals surface area (Å²) in [5.74, 6) is -2.05. The molecule has 3 heterocycles. The summed E-state index contributed by atoms with van der Waals surface area (Å²) in [6.07, 6.45) is 7.96. The largest absolute Gasteiger partial charge is 0.249 e. The number of halogens is 3. The molecule has 4 aromatic rings. The number of allylic oxidation sites excluding steroid dienone is 7. The molecule has 6 nitrogen and oxygen atoms in total. The van der Waals surface area contributed by atoms with E-state index in [1.54, 1.807) is 84.9 Å². The molecule has 2 aromatic heterocycles. The van der Waals surface area contributed by atoms with E-state index in [0.717, 1.165) is 5.57 Å². The number of hydrogen-bond acceptors (Lipinski definition) is 6. The van der Waals surface area contributed by atoms with Crippen LogP contribution in [0.4, 0.5) is 13.2 Å². The van der Waals surface area contributed by atoms with Crippen molar-refractivity contribution < 1.29 is 13.2 Å². The van der Waals surface area contributed by atoms with Crippen molar-refractivity contribution in [3.8, 4) is 18.2 Å². The summed E-state index contributed by atoms with van der Waals surface area (Å²) in [6.45, 7) is 0. The zero-order chi connectivity index (χ0) is 35.5. The highest BCUT2D eigenvalue weighted by Crippen LogP contribution is 2.59. The smallest absolute Gasteiger partial charge is 0.213 e. The van der Waals surface area contributed by atoms with E-state index in [9.17, 15) is 29.0 Å². The number of aromatic nitrogens is 2. The highest BCUT2D eigenvalue weighted by Gasteiger charge is 2.44. The maximum absolute atomic E-state index is 15.0. The summed E-state index contributed by atoms with van der Waals surface area (Å²) in [7, 11) is 0. The standard InChI is InChI=1S/C42H25F3N6/c43-34-7-1-4-31(49-34)37(28-16-10-25(22-46)11-17-28)40-41(38(32-5-2-8-35(44)50-32)29-18-12-26(23-47)13-19-29)42(40)39(33-6-3-9-36(45)51-33)30-20-14-27(24-48)15-21-30/h1-5,7-14,16-20,33H,6,15,21H2. The van der Waals surface area contributed by atoms with Gasteiger partial charge in [0.2, 0.25) is 17.9 Å². The normalized spacial score (nSPS) is 18.3. The highest BCUT2D eigenvalue weighted by molar-refractivity contribution is 6.07. The molecule has 1 saturated carbocycles. The lowest BCUT2D eigenvalue weighted by atomic mass is 9.86. The lowest BCUT2D eigenvalue weighted by Crippen LogP contribution is -2.15. The van der Waals surface area contributed by atoms with Gasteiger partial charge >= 0.3 is 0 Å². The Morgan fingerprint density at radius 3 is 1.61 bits per heavy atom. The predicted molar refractivity (Wildman–Crippen MR) is 187 cm³/mol. The quantitative estimate of drug-likeness (QED) is 0.190. The van der Waals surface area contributed by atoms with Gasteiger partial charge in [-0.05, 0) is 108 Å². The number of dihydropyridines is 1. The molecule has 1 aliphatic heterocycles. The van der Waals surface area contributed by atoms with Crippen LogP contribution in [0.15, 0.2) is 148 Å². The minimum atomic E-state index is -0.705. The zero-order valence-electron chi connectivity index (χ0n) is 26.9. The van der Waals surface area contributed by atoms with Crippen molar-refractivity contribution in [2.45, 2.75) is 25.3 Å². The van der Waals surface area contributed by atoms with Crippen LogP contribution in [0, 0.1) is 45.9 Å². The predicted octanol–water partition coefficient (Wildman–Crippen LogP) is 8.98. The number of nitrogens with zero attached hydrogens (tertiary/aromatic N) is 6. The maximum atomic E-state index is 15.0. The number of nitriles is 3. The first-order valence-electron chi connectivity index (χ1n) is 16.1. The van der Waals surface area contributed by atoms with E-state index in [0.29, 0.717) is 91.9 Å². The Bertz CT molecular complexity index is 2320. The van der Waals surface area contributed by atoms with Gasteiger partial charge in [0.25, 0.3) is 0 Å². The summed E-state index contributed by atoms with van der Waals surface area (Å²) in [5, 5.41) is 28.7. The molecule has 0 bridgehead atoms. The van der Waals surface area contributed by atoms with Crippen LogP contribution in [0.1, 0.15) is 52.9 Å². The van der Waals surface area contributed by atoms with Gasteiger partial charge in [-0.3, -0.25) is 0 Å². The average molecular weight is 671 g/mol. The second-order valence-electron chi connectivity index (χ2n) is 12.0. The maximum Gasteiger partial charge on any atom is 0.213 e. The van der Waals surface area contributed by atoms with Crippen molar-refractivity contribution in [3.63, 3.8) is 0 Å². The third kappa shape index (κ3) is 6.59. The molecule has 0 spiro atoms. The van der Waals surface area contributed by atoms with Gasteiger partial charge < -0.3 is 0 Å². The third-order valence-electron chi connectivity index (χ3n) is 8.87. The van der Waals surface area contributed by atoms with Crippen molar-refractivity contribution in [3.05, 3.63) is 188 Å². The van der Waals surface area contributed by atoms with Gasteiger partial charge in [-0.25, -0.2) is 15.0 Å². The first-order chi connectivity index (χ1) is 24.9. The SMILES string of the molecule is N#CC1=CC=C(C(=C2C(=C(c3ccc(C#N)cc3)c3cccc(F)n3)C2=C(c2ccc(C#N)cc2)c2cccc(F)n2)C2CC=CC(F)=N2)CC1. The first-order valence-corrected chi connectivity index (χ1v) is 16.1. The molecule has 0 radical (unpaired) electrons. The van der Waals surface area contributed by atoms with Crippen LogP contribution in [0.3, 0.4) is 0 Å². The van der Waals surface area contributed by atoms with Crippen molar-refractivity contribution >= 4 is 17.1 Å². The van der Waals surface area contributed by atoms with Crippen LogP contribution < -0.4 is 0 Å². The van der Waals surface area contributed by atoms with Crippen molar-refractivity contribution in [1.82, 2.24) is 9.97 Å². The number of benzene rings is 2. The van der Waals surface area contributed by atoms with E-state index in [-0.39, 0.29) is 0 Å². The molecule has 244 valence electrons. The molecular weight excluding hydrogens is 645 g/mol. The van der Waals surface area contributed by atoms with Crippen LogP contribution >= 0.6 is 0 Å². The molecule has 1 fully saturated rings. The first kappa shape index (κ1) is 32.6. The lowest BCUT2D eigenvalue weighted by molar-refractivity contribution is 0.582. The number of pyridine rings is 2. The molecule has 51 heavy (non-hydrogen) atoms. The molecule has 1 unspecified atom stereocenters. The van der Waals surface area contributed by atoms with Crippen molar-refractivity contribution in [2.24, 2.45) is 4.99 Å². The van der Waals surface area contributed by atoms with E-state index in [1.165, 1.54) is 18.2 Å². The molecule has 7 rings (SSSR count). The van der Waals surface area contributed by atoms with Gasteiger partial charge in [0.15, 0.2) is 0 Å². The molecule has 0 N–H and O–H groups in total. The minimum absolute atomic E-state index is 0.301. The van der Waals surface area contributed by atoms with Gasteiger partial charge in [0.05, 0.1) is 46.8 Å². The van der Waals surface area contributed by atoms with E-state index in [4.69, 9.17) is 0 Å². The van der Waals surface area contributed by atoms with Crippen LogP contribution in [0.2, 0.25) is 0 Å². The molecule has 0 saturated heterocycles. The fourth-order valence-electron chi connectivity index (χ4n) is 6.53. The molecule has 0 amide bonds. The lowest BCUT2D eigenvalue weighted by Gasteiger charge is -2.22. The Balaban J connectivity index is 1.67. The van der Waals surface area contributed by atoms with Gasteiger partial charge in [0, 0.05) is 27.9 Å². The fraction of sp³-hybridized carbons (Fsp3) is 0.0952. The Morgan fingerprint density at radius 1 is 0.627 bits per heavy atom. The summed E-state index contributed by atoms with van der Waals surface area (Å²) >= 11 is 0. The minimum Gasteiger partial charge on any atom is -0.249 e. The second-order valence-corrected chi connectivity index (χ2v) is 12.0. The topological polar surface area (TPSA) is 110 Å². The van der Waals surface area contributed by atoms with E-state index < -0.39 is 23.9 Å². The molecule has 9 heteroatoms. The monoisotopic (exact) mass is 670 g/mol. The molecule has 2 aromatic carbocycles. The number of aliphatic imine (C=N–C) groups is 1. The molecule has 1 atom stereocenters. The Hall–Kier alpha value is -6.89. The van der Waals surface area contributed by atoms with Crippen molar-refractivity contribution in [1.29, 1.82) is 15.8 Å². The van der Waals surface area contributed by atoms with Gasteiger partial charge in [-0.2, -0.15) is 29.0 Å². The second kappa shape index (κ2) is 13.9. The summed E-state index contributed by atoms with van der Waals surface area (Å²) in [4.78, 5) is 13.0. The molecular formula is C42H25F3N6. The van der Waals surface area contributed by atoms with Crippen LogP contribution in [-0.4, -0.2) is 22.0 Å². The molecule has 3 aliphatic rings. The average Bonchev–Trinajstić information content (AvgIpc) is 3.85. The van der Waals surface area contributed by atoms with E-state index in [2.05, 4.69) is 33.2 Å². The van der Waals surface area contributed by atoms with Crippen LogP contribution in [0.5, 0.6) is 0 Å². The summed E-state index contributed by atoms with van der Waals surface area (Å²) < 4.78 is 44.8. The summed E-state index contributed by atoms with van der Waals surface area (Å²) in [5.41, 5.74) is 7.88. The highest BCUT2D eigenvalue weighted by atomic mass is 19.1. The van der Waals surface area contributed by atoms with E-state index >= 15 is 0 Å². The number of hydrogen-bond donors (Lipinski definition) is 0. The van der Waals surface area contributed by atoms with Gasteiger partial charge in [-0.15, -0.1) is 0 Å². The summed E-state index contributed by atoms with van der Waals surface area (Å²) in [6, 6.07) is 28.4. The zero-order valence-corrected chi connectivity index (χ0v) is 26.9. The van der Waals surface area contributed by atoms with Gasteiger partial charge in [-0.1, -0.05) is 48.6 Å². The Labute approximate surface area is 292 Å². The van der Waals surface area contributed by atoms with Gasteiger partial charge in [0.1, 0.15) is 0 Å². The fourth-order valence-corrected chi connectivity index (χ4v) is 6.53. The van der Waals surface area contributed by atoms with Crippen LogP contribution in [0.25, 0.3) is 11.1 Å². The Morgan fingerprint density at radius 2 is 1.18 bits per heavy atom. The van der Waals surface area contributed by atoms with E-state index in [1.807, 2.05) is 6.08 Å².